The van der Waals surface area contributed by atoms with E-state index in [-0.39, 0.29) is 24.1 Å². The van der Waals surface area contributed by atoms with E-state index in [1.807, 2.05) is 36.5 Å². The number of aliphatic hydroxyl groups excluding tert-OH is 1. The molecule has 1 saturated carbocycles. The molecule has 10 heteroatoms. The summed E-state index contributed by atoms with van der Waals surface area (Å²) in [4.78, 5) is 17.7. The second-order valence-electron chi connectivity index (χ2n) is 9.57. The standard InChI is InChI=1S/C27H32N6O4/c1-18(35)23-24(19-8-10-27(17-34,11-9-19)37-13-12-36-2)31-26-22(15-30-33(26)25(23)28)20-14-29-32(16-20)21-6-4-3-5-7-21/h3-7,14-16,19,34H,8-13,17,28H2,1-2H3. The second-order valence-corrected chi connectivity index (χ2v) is 9.57. The normalized spacial score (nSPS) is 19.9. The minimum Gasteiger partial charge on any atom is -0.393 e. The van der Waals surface area contributed by atoms with E-state index in [1.165, 1.54) is 11.4 Å². The summed E-state index contributed by atoms with van der Waals surface area (Å²) in [6.45, 7) is 2.34. The van der Waals surface area contributed by atoms with Crippen molar-refractivity contribution in [2.45, 2.75) is 44.1 Å². The molecule has 37 heavy (non-hydrogen) atoms. The second kappa shape index (κ2) is 10.4. The van der Waals surface area contributed by atoms with Gasteiger partial charge in [0.15, 0.2) is 11.4 Å². The van der Waals surface area contributed by atoms with E-state index >= 15 is 0 Å². The molecule has 3 N–H and O–H groups in total. The van der Waals surface area contributed by atoms with Gasteiger partial charge in [-0.3, -0.25) is 4.79 Å². The average Bonchev–Trinajstić information content (AvgIpc) is 3.57. The molecule has 0 aliphatic heterocycles. The zero-order chi connectivity index (χ0) is 26.0. The van der Waals surface area contributed by atoms with Gasteiger partial charge in [-0.05, 0) is 44.7 Å². The third-order valence-electron chi connectivity index (χ3n) is 7.24. The molecule has 194 valence electrons. The Morgan fingerprint density at radius 2 is 1.92 bits per heavy atom. The minimum absolute atomic E-state index is 0.00620. The number of hydrogen-bond donors (Lipinski definition) is 2. The Bertz CT molecular complexity index is 1390. The fraction of sp³-hybridized carbons (Fsp3) is 0.407. The molecule has 3 aromatic heterocycles. The minimum atomic E-state index is -0.602. The lowest BCUT2D eigenvalue weighted by atomic mass is 9.76. The van der Waals surface area contributed by atoms with Crippen LogP contribution in [0.5, 0.6) is 0 Å². The van der Waals surface area contributed by atoms with Crippen molar-refractivity contribution >= 4 is 17.2 Å². The SMILES string of the molecule is COCCOC1(CO)CCC(c2nc3c(-c4cnn(-c5ccccc5)c4)cnn3c(N)c2C(C)=O)CC1. The van der Waals surface area contributed by atoms with Crippen molar-refractivity contribution in [3.63, 3.8) is 0 Å². The molecule has 0 atom stereocenters. The van der Waals surface area contributed by atoms with Crippen LogP contribution in [0.3, 0.4) is 0 Å². The Labute approximate surface area is 215 Å². The van der Waals surface area contributed by atoms with Gasteiger partial charge in [-0.1, -0.05) is 18.2 Å². The third kappa shape index (κ3) is 4.75. The molecule has 0 spiro atoms. The van der Waals surface area contributed by atoms with Crippen molar-refractivity contribution in [3.8, 4) is 16.8 Å². The summed E-state index contributed by atoms with van der Waals surface area (Å²) in [5.74, 6) is 0.141. The number of carbonyl (C=O) groups excluding carboxylic acids is 1. The zero-order valence-electron chi connectivity index (χ0n) is 21.1. The first-order chi connectivity index (χ1) is 18.0. The van der Waals surface area contributed by atoms with Gasteiger partial charge in [0.1, 0.15) is 5.82 Å². The number of nitrogen functional groups attached to an aromatic ring is 1. The predicted octanol–water partition coefficient (Wildman–Crippen LogP) is 3.42. The van der Waals surface area contributed by atoms with Gasteiger partial charge in [0, 0.05) is 30.4 Å². The van der Waals surface area contributed by atoms with Crippen LogP contribution in [0.15, 0.2) is 48.9 Å². The van der Waals surface area contributed by atoms with E-state index in [0.717, 1.165) is 16.8 Å². The lowest BCUT2D eigenvalue weighted by Crippen LogP contribution is -2.41. The number of hydrogen-bond acceptors (Lipinski definition) is 8. The van der Waals surface area contributed by atoms with E-state index in [1.54, 1.807) is 24.2 Å². The molecule has 3 heterocycles. The van der Waals surface area contributed by atoms with E-state index in [0.29, 0.717) is 55.8 Å². The Kier molecular flexibility index (Phi) is 7.05. The molecular weight excluding hydrogens is 472 g/mol. The number of nitrogens with zero attached hydrogens (tertiary/aromatic N) is 5. The van der Waals surface area contributed by atoms with Gasteiger partial charge < -0.3 is 20.3 Å². The van der Waals surface area contributed by atoms with Crippen molar-refractivity contribution in [2.75, 3.05) is 32.7 Å². The lowest BCUT2D eigenvalue weighted by molar-refractivity contribution is -0.113. The summed E-state index contributed by atoms with van der Waals surface area (Å²) in [5, 5.41) is 19.0. The van der Waals surface area contributed by atoms with Gasteiger partial charge in [0.05, 0.1) is 54.8 Å². The number of aromatic nitrogens is 5. The number of carbonyl (C=O) groups is 1. The molecule has 1 aliphatic carbocycles. The molecule has 0 amide bonds. The summed E-state index contributed by atoms with van der Waals surface area (Å²) < 4.78 is 14.4. The number of ether oxygens (including phenoxy) is 2. The molecule has 1 aromatic carbocycles. The summed E-state index contributed by atoms with van der Waals surface area (Å²) in [7, 11) is 1.62. The highest BCUT2D eigenvalue weighted by Gasteiger charge is 2.38. The average molecular weight is 505 g/mol. The maximum atomic E-state index is 12.7. The molecule has 0 saturated heterocycles. The van der Waals surface area contributed by atoms with E-state index < -0.39 is 5.60 Å². The van der Waals surface area contributed by atoms with Crippen LogP contribution in [-0.2, 0) is 9.47 Å². The lowest BCUT2D eigenvalue weighted by Gasteiger charge is -2.39. The van der Waals surface area contributed by atoms with Crippen LogP contribution in [0.4, 0.5) is 5.82 Å². The number of ketones is 1. The van der Waals surface area contributed by atoms with Crippen molar-refractivity contribution in [1.29, 1.82) is 0 Å². The number of fused-ring (bicyclic) bond motifs is 1. The summed E-state index contributed by atoms with van der Waals surface area (Å²) in [5.41, 5.74) is 10.2. The molecule has 4 aromatic rings. The van der Waals surface area contributed by atoms with E-state index in [9.17, 15) is 9.90 Å². The molecule has 1 aliphatic rings. The van der Waals surface area contributed by atoms with Gasteiger partial charge in [-0.15, -0.1) is 0 Å². The van der Waals surface area contributed by atoms with Crippen LogP contribution < -0.4 is 5.73 Å². The number of anilines is 1. The Hall–Kier alpha value is -3.60. The van der Waals surface area contributed by atoms with Crippen molar-refractivity contribution in [1.82, 2.24) is 24.4 Å². The van der Waals surface area contributed by atoms with E-state index in [2.05, 4.69) is 10.2 Å². The number of Topliss-reactive ketones (excluding diaryl/α,β-unsaturated/α-hetero) is 1. The molecule has 0 radical (unpaired) electrons. The smallest absolute Gasteiger partial charge is 0.165 e. The highest BCUT2D eigenvalue weighted by Crippen LogP contribution is 2.42. The number of nitrogens with two attached hydrogens (primary N) is 1. The zero-order valence-corrected chi connectivity index (χ0v) is 21.1. The molecular formula is C27H32N6O4. The maximum Gasteiger partial charge on any atom is 0.165 e. The van der Waals surface area contributed by atoms with Crippen LogP contribution in [0.2, 0.25) is 0 Å². The van der Waals surface area contributed by atoms with Crippen LogP contribution in [0.1, 0.15) is 54.6 Å². The van der Waals surface area contributed by atoms with Crippen molar-refractivity contribution < 1.29 is 19.4 Å². The number of rotatable bonds is 9. The molecule has 5 rings (SSSR count). The monoisotopic (exact) mass is 504 g/mol. The van der Waals surface area contributed by atoms with Crippen molar-refractivity contribution in [3.05, 3.63) is 60.2 Å². The van der Waals surface area contributed by atoms with E-state index in [4.69, 9.17) is 20.2 Å². The van der Waals surface area contributed by atoms with Crippen LogP contribution >= 0.6 is 0 Å². The van der Waals surface area contributed by atoms with Gasteiger partial charge in [0.25, 0.3) is 0 Å². The van der Waals surface area contributed by atoms with Gasteiger partial charge in [-0.2, -0.15) is 14.7 Å². The fourth-order valence-electron chi connectivity index (χ4n) is 5.18. The quantitative estimate of drug-likeness (QED) is 0.262. The Morgan fingerprint density at radius 3 is 2.59 bits per heavy atom. The summed E-state index contributed by atoms with van der Waals surface area (Å²) in [6, 6.07) is 9.84. The van der Waals surface area contributed by atoms with Crippen LogP contribution in [0, 0.1) is 0 Å². The Balaban J connectivity index is 1.50. The molecule has 10 nitrogen and oxygen atoms in total. The Morgan fingerprint density at radius 1 is 1.16 bits per heavy atom. The largest absolute Gasteiger partial charge is 0.393 e. The highest BCUT2D eigenvalue weighted by atomic mass is 16.5. The van der Waals surface area contributed by atoms with Gasteiger partial charge in [0.2, 0.25) is 0 Å². The first-order valence-corrected chi connectivity index (χ1v) is 12.5. The van der Waals surface area contributed by atoms with Crippen molar-refractivity contribution in [2.24, 2.45) is 0 Å². The fourth-order valence-corrected chi connectivity index (χ4v) is 5.18. The van der Waals surface area contributed by atoms with Gasteiger partial charge >= 0.3 is 0 Å². The first-order valence-electron chi connectivity index (χ1n) is 12.5. The van der Waals surface area contributed by atoms with Crippen LogP contribution in [0.25, 0.3) is 22.5 Å². The number of aliphatic hydroxyl groups is 1. The molecule has 1 fully saturated rings. The molecule has 0 bridgehead atoms. The third-order valence-corrected chi connectivity index (χ3v) is 7.24. The summed E-state index contributed by atoms with van der Waals surface area (Å²) in [6.07, 6.45) is 8.14. The predicted molar refractivity (Wildman–Crippen MR) is 139 cm³/mol. The first kappa shape index (κ1) is 25.1. The summed E-state index contributed by atoms with van der Waals surface area (Å²) >= 11 is 0. The highest BCUT2D eigenvalue weighted by molar-refractivity contribution is 6.00. The number of benzene rings is 1. The number of methoxy groups -OCH3 is 1. The topological polar surface area (TPSA) is 130 Å². The molecule has 0 unspecified atom stereocenters. The number of para-hydroxylation sites is 1. The maximum absolute atomic E-state index is 12.7. The van der Waals surface area contributed by atoms with Crippen LogP contribution in [-0.4, -0.2) is 67.8 Å². The van der Waals surface area contributed by atoms with Gasteiger partial charge in [-0.25, -0.2) is 9.67 Å².